The number of carbonyl (C=O) groups excluding carboxylic acids is 2. The molecule has 1 aliphatic rings. The molecule has 2 rings (SSSR count). The number of thiophene rings is 1. The van der Waals surface area contributed by atoms with Crippen LogP contribution in [0.25, 0.3) is 0 Å². The highest BCUT2D eigenvalue weighted by molar-refractivity contribution is 7.10. The fourth-order valence-electron chi connectivity index (χ4n) is 2.17. The molecule has 7 heteroatoms. The van der Waals surface area contributed by atoms with Crippen LogP contribution in [0.2, 0.25) is 0 Å². The van der Waals surface area contributed by atoms with Gasteiger partial charge in [0.05, 0.1) is 12.5 Å². The van der Waals surface area contributed by atoms with Crippen molar-refractivity contribution in [2.24, 2.45) is 11.5 Å². The molecule has 1 aromatic heterocycles. The number of rotatable bonds is 3. The average molecular weight is 304 g/mol. The van der Waals surface area contributed by atoms with Gasteiger partial charge in [-0.2, -0.15) is 0 Å². The van der Waals surface area contributed by atoms with Crippen molar-refractivity contribution in [2.45, 2.75) is 31.8 Å². The van der Waals surface area contributed by atoms with Gasteiger partial charge in [-0.25, -0.2) is 0 Å². The minimum atomic E-state index is -0.817. The van der Waals surface area contributed by atoms with E-state index in [2.05, 4.69) is 0 Å². The number of nitrogens with zero attached hydrogens (tertiary/aromatic N) is 1. The van der Waals surface area contributed by atoms with Gasteiger partial charge in [-0.05, 0) is 29.9 Å². The molecule has 4 N–H and O–H groups in total. The summed E-state index contributed by atoms with van der Waals surface area (Å²) in [5.74, 6) is -0.727. The molecule has 1 atom stereocenters. The SMILES string of the molecule is Cl.NC(=O)CC(N)C(=O)N1CCCc2sccc2C1. The molecule has 2 amide bonds. The van der Waals surface area contributed by atoms with Gasteiger partial charge in [-0.3, -0.25) is 9.59 Å². The number of halogens is 1. The van der Waals surface area contributed by atoms with Crippen LogP contribution >= 0.6 is 23.7 Å². The quantitative estimate of drug-likeness (QED) is 0.859. The molecule has 1 unspecified atom stereocenters. The first-order chi connectivity index (χ1) is 8.58. The van der Waals surface area contributed by atoms with Crippen molar-refractivity contribution in [3.05, 3.63) is 21.9 Å². The molecule has 1 aliphatic heterocycles. The largest absolute Gasteiger partial charge is 0.370 e. The number of nitrogens with two attached hydrogens (primary N) is 2. The molecule has 0 aromatic carbocycles. The summed E-state index contributed by atoms with van der Waals surface area (Å²) < 4.78 is 0. The third-order valence-corrected chi connectivity index (χ3v) is 4.10. The normalized spacial score (nSPS) is 15.9. The Labute approximate surface area is 122 Å². The van der Waals surface area contributed by atoms with E-state index >= 15 is 0 Å². The van der Waals surface area contributed by atoms with Gasteiger partial charge in [-0.15, -0.1) is 23.7 Å². The maximum Gasteiger partial charge on any atom is 0.240 e. The summed E-state index contributed by atoms with van der Waals surface area (Å²) in [6.07, 6.45) is 1.84. The number of hydrogen-bond acceptors (Lipinski definition) is 4. The van der Waals surface area contributed by atoms with Gasteiger partial charge in [0, 0.05) is 18.0 Å². The Morgan fingerprint density at radius 3 is 2.89 bits per heavy atom. The van der Waals surface area contributed by atoms with Crippen LogP contribution in [0.5, 0.6) is 0 Å². The Morgan fingerprint density at radius 1 is 1.47 bits per heavy atom. The predicted molar refractivity (Wildman–Crippen MR) is 77.1 cm³/mol. The second kappa shape index (κ2) is 6.88. The van der Waals surface area contributed by atoms with Gasteiger partial charge in [0.25, 0.3) is 0 Å². The molecule has 0 saturated carbocycles. The summed E-state index contributed by atoms with van der Waals surface area (Å²) in [6, 6.07) is 1.23. The van der Waals surface area contributed by atoms with E-state index in [1.165, 1.54) is 10.4 Å². The Hall–Kier alpha value is -1.11. The highest BCUT2D eigenvalue weighted by atomic mass is 35.5. The Bertz CT molecular complexity index is 464. The molecule has 1 aromatic rings. The van der Waals surface area contributed by atoms with E-state index < -0.39 is 11.9 Å². The third kappa shape index (κ3) is 3.92. The maximum absolute atomic E-state index is 12.1. The van der Waals surface area contributed by atoms with Crippen LogP contribution < -0.4 is 11.5 Å². The summed E-state index contributed by atoms with van der Waals surface area (Å²) in [5, 5.41) is 2.04. The Kier molecular flexibility index (Phi) is 5.78. The average Bonchev–Trinajstić information content (AvgIpc) is 2.64. The maximum atomic E-state index is 12.1. The lowest BCUT2D eigenvalue weighted by atomic mass is 10.1. The molecule has 0 saturated heterocycles. The molecular weight excluding hydrogens is 286 g/mol. The molecule has 0 aliphatic carbocycles. The van der Waals surface area contributed by atoms with E-state index in [1.807, 2.05) is 11.4 Å². The summed E-state index contributed by atoms with van der Waals surface area (Å²) in [7, 11) is 0. The Morgan fingerprint density at radius 2 is 2.21 bits per heavy atom. The number of primary amides is 1. The Balaban J connectivity index is 0.00000180. The van der Waals surface area contributed by atoms with E-state index in [-0.39, 0.29) is 24.7 Å². The number of carbonyl (C=O) groups is 2. The van der Waals surface area contributed by atoms with Crippen LogP contribution in [0.3, 0.4) is 0 Å². The van der Waals surface area contributed by atoms with E-state index in [0.717, 1.165) is 12.8 Å². The van der Waals surface area contributed by atoms with Crippen molar-refractivity contribution in [1.82, 2.24) is 4.90 Å². The highest BCUT2D eigenvalue weighted by Crippen LogP contribution is 2.24. The van der Waals surface area contributed by atoms with Crippen molar-refractivity contribution in [3.63, 3.8) is 0 Å². The summed E-state index contributed by atoms with van der Waals surface area (Å²) in [6.45, 7) is 1.27. The van der Waals surface area contributed by atoms with Gasteiger partial charge in [0.1, 0.15) is 0 Å². The smallest absolute Gasteiger partial charge is 0.240 e. The van der Waals surface area contributed by atoms with E-state index in [9.17, 15) is 9.59 Å². The third-order valence-electron chi connectivity index (χ3n) is 3.08. The molecule has 0 spiro atoms. The van der Waals surface area contributed by atoms with Crippen molar-refractivity contribution >= 4 is 35.6 Å². The summed E-state index contributed by atoms with van der Waals surface area (Å²) in [5.41, 5.74) is 12.0. The first-order valence-corrected chi connectivity index (χ1v) is 6.84. The zero-order valence-corrected chi connectivity index (χ0v) is 12.1. The van der Waals surface area contributed by atoms with Crippen molar-refractivity contribution in [2.75, 3.05) is 6.54 Å². The number of hydrogen-bond donors (Lipinski definition) is 2. The van der Waals surface area contributed by atoms with Crippen LogP contribution in [-0.4, -0.2) is 29.3 Å². The van der Waals surface area contributed by atoms with Crippen LogP contribution in [-0.2, 0) is 22.6 Å². The lowest BCUT2D eigenvalue weighted by Gasteiger charge is -2.23. The topological polar surface area (TPSA) is 89.4 Å². The van der Waals surface area contributed by atoms with Gasteiger partial charge < -0.3 is 16.4 Å². The standard InChI is InChI=1S/C12H17N3O2S.ClH/c13-9(6-11(14)16)12(17)15-4-1-2-10-8(7-15)3-5-18-10;/h3,5,9H,1-2,4,6-7,13H2,(H2,14,16);1H. The number of fused-ring (bicyclic) bond motifs is 1. The summed E-state index contributed by atoms with van der Waals surface area (Å²) in [4.78, 5) is 26.0. The first-order valence-electron chi connectivity index (χ1n) is 5.96. The molecule has 2 heterocycles. The predicted octanol–water partition coefficient (Wildman–Crippen LogP) is 0.647. The van der Waals surface area contributed by atoms with Gasteiger partial charge in [0.2, 0.25) is 11.8 Å². The van der Waals surface area contributed by atoms with Crippen molar-refractivity contribution in [1.29, 1.82) is 0 Å². The molecule has 19 heavy (non-hydrogen) atoms. The van der Waals surface area contributed by atoms with Crippen LogP contribution in [0.1, 0.15) is 23.3 Å². The molecule has 0 radical (unpaired) electrons. The minimum absolute atomic E-state index is 0. The van der Waals surface area contributed by atoms with E-state index in [0.29, 0.717) is 13.1 Å². The monoisotopic (exact) mass is 303 g/mol. The fraction of sp³-hybridized carbons (Fsp3) is 0.500. The van der Waals surface area contributed by atoms with Gasteiger partial charge in [0.15, 0.2) is 0 Å². The fourth-order valence-corrected chi connectivity index (χ4v) is 3.11. The van der Waals surface area contributed by atoms with Crippen molar-refractivity contribution < 1.29 is 9.59 Å². The lowest BCUT2D eigenvalue weighted by molar-refractivity contribution is -0.135. The minimum Gasteiger partial charge on any atom is -0.370 e. The molecular formula is C12H18ClN3O2S. The number of amides is 2. The molecule has 5 nitrogen and oxygen atoms in total. The van der Waals surface area contributed by atoms with Gasteiger partial charge in [-0.1, -0.05) is 0 Å². The molecule has 106 valence electrons. The zero-order chi connectivity index (χ0) is 13.1. The van der Waals surface area contributed by atoms with Crippen LogP contribution in [0, 0.1) is 0 Å². The first kappa shape index (κ1) is 15.9. The second-order valence-electron chi connectivity index (χ2n) is 4.51. The van der Waals surface area contributed by atoms with Crippen molar-refractivity contribution in [3.8, 4) is 0 Å². The second-order valence-corrected chi connectivity index (χ2v) is 5.51. The zero-order valence-electron chi connectivity index (χ0n) is 10.5. The van der Waals surface area contributed by atoms with Crippen LogP contribution in [0.4, 0.5) is 0 Å². The molecule has 0 fully saturated rings. The number of aryl methyl sites for hydroxylation is 1. The van der Waals surface area contributed by atoms with E-state index in [1.54, 1.807) is 16.2 Å². The highest BCUT2D eigenvalue weighted by Gasteiger charge is 2.25. The van der Waals surface area contributed by atoms with E-state index in [4.69, 9.17) is 11.5 Å². The van der Waals surface area contributed by atoms with Gasteiger partial charge >= 0.3 is 0 Å². The lowest BCUT2D eigenvalue weighted by Crippen LogP contribution is -2.45. The van der Waals surface area contributed by atoms with Crippen LogP contribution in [0.15, 0.2) is 11.4 Å². The molecule has 0 bridgehead atoms. The summed E-state index contributed by atoms with van der Waals surface area (Å²) >= 11 is 1.73.